The van der Waals surface area contributed by atoms with Crippen molar-refractivity contribution < 1.29 is 120 Å². The fraction of sp³-hybridized carbons (Fsp3) is 0. The summed E-state index contributed by atoms with van der Waals surface area (Å²) in [6.45, 7) is 0. The fourth-order valence-electron chi connectivity index (χ4n) is 0. The average Bonchev–Trinajstić information content (AvgIpc) is 0.811. The summed E-state index contributed by atoms with van der Waals surface area (Å²) in [5, 5.41) is 0. The molecule has 0 saturated carbocycles. The van der Waals surface area contributed by atoms with E-state index in [0.717, 1.165) is 0 Å². The molecule has 0 aliphatic carbocycles. The molecular formula is H4K2O3P+. The van der Waals surface area contributed by atoms with Crippen LogP contribution in [0.1, 0.15) is 2.85 Å². The van der Waals surface area contributed by atoms with Gasteiger partial charge in [0.15, 0.2) is 0 Å². The van der Waals surface area contributed by atoms with Crippen molar-refractivity contribution >= 4 is 8.25 Å². The summed E-state index contributed by atoms with van der Waals surface area (Å²) in [6.07, 6.45) is 0. The van der Waals surface area contributed by atoms with Crippen molar-refractivity contribution in [1.29, 1.82) is 0 Å². The SMILES string of the molecule is O=[P+](O)O.[H-].[H-].[K+].[K+]. The zero-order chi connectivity index (χ0) is 3.58. The Morgan fingerprint density at radius 1 is 1.33 bits per heavy atom. The summed E-state index contributed by atoms with van der Waals surface area (Å²) >= 11 is 0. The Bertz CT molecular complexity index is 38.3. The van der Waals surface area contributed by atoms with Crippen LogP contribution in [-0.2, 0) is 4.57 Å². The van der Waals surface area contributed by atoms with Crippen LogP contribution < -0.4 is 103 Å². The molecule has 0 aromatic carbocycles. The second-order valence-corrected chi connectivity index (χ2v) is 0.758. The Labute approximate surface area is 125 Å². The van der Waals surface area contributed by atoms with Gasteiger partial charge in [-0.15, -0.1) is 9.79 Å². The molecule has 0 aliphatic rings. The van der Waals surface area contributed by atoms with Crippen LogP contribution >= 0.6 is 8.25 Å². The van der Waals surface area contributed by atoms with Crippen molar-refractivity contribution in [2.75, 3.05) is 0 Å². The van der Waals surface area contributed by atoms with Gasteiger partial charge in [0.2, 0.25) is 0 Å². The summed E-state index contributed by atoms with van der Waals surface area (Å²) in [7, 11) is -2.87. The van der Waals surface area contributed by atoms with Gasteiger partial charge in [-0.3, -0.25) is 0 Å². The van der Waals surface area contributed by atoms with E-state index in [-0.39, 0.29) is 106 Å². The van der Waals surface area contributed by atoms with Gasteiger partial charge in [-0.05, 0) is 0 Å². The molecule has 6 heteroatoms. The van der Waals surface area contributed by atoms with Crippen LogP contribution in [0.3, 0.4) is 0 Å². The fourth-order valence-corrected chi connectivity index (χ4v) is 0. The standard InChI is InChI=1S/2K.HO3P.2H/c;;1-4(2)3;;/h;;(H-,1,2,3);;/q2*+1;;2*-1/p+1. The quantitative estimate of drug-likeness (QED) is 0.274. The van der Waals surface area contributed by atoms with Crippen molar-refractivity contribution in [1.82, 2.24) is 0 Å². The first-order chi connectivity index (χ1) is 1.73. The van der Waals surface area contributed by atoms with Crippen LogP contribution in [0.5, 0.6) is 0 Å². The maximum absolute atomic E-state index is 8.70. The predicted molar refractivity (Wildman–Crippen MR) is 14.3 cm³/mol. The summed E-state index contributed by atoms with van der Waals surface area (Å²) in [6, 6.07) is 0. The van der Waals surface area contributed by atoms with Crippen LogP contribution in [0, 0.1) is 0 Å². The van der Waals surface area contributed by atoms with E-state index in [2.05, 4.69) is 0 Å². The third kappa shape index (κ3) is 26.6. The first kappa shape index (κ1) is 16.1. The van der Waals surface area contributed by atoms with Crippen LogP contribution in [0.15, 0.2) is 0 Å². The van der Waals surface area contributed by atoms with Crippen molar-refractivity contribution in [3.8, 4) is 0 Å². The number of rotatable bonds is 0. The first-order valence-electron chi connectivity index (χ1n) is 0.583. The molecule has 28 valence electrons. The minimum atomic E-state index is -2.87. The van der Waals surface area contributed by atoms with Crippen LogP contribution in [-0.4, -0.2) is 9.79 Å². The second-order valence-electron chi connectivity index (χ2n) is 0.253. The van der Waals surface area contributed by atoms with E-state index in [1.165, 1.54) is 0 Å². The van der Waals surface area contributed by atoms with Crippen LogP contribution in [0.4, 0.5) is 0 Å². The summed E-state index contributed by atoms with van der Waals surface area (Å²) in [5.74, 6) is 0. The molecule has 0 aromatic rings. The van der Waals surface area contributed by atoms with Crippen molar-refractivity contribution in [3.63, 3.8) is 0 Å². The van der Waals surface area contributed by atoms with E-state index in [1.54, 1.807) is 0 Å². The molecule has 0 aliphatic heterocycles. The maximum Gasteiger partial charge on any atom is 1.00 e. The molecule has 0 heterocycles. The topological polar surface area (TPSA) is 57.5 Å². The van der Waals surface area contributed by atoms with Gasteiger partial charge in [-0.2, -0.15) is 0 Å². The molecule has 0 spiro atoms. The minimum absolute atomic E-state index is 0. The zero-order valence-corrected chi connectivity index (χ0v) is 10.9. The molecule has 3 nitrogen and oxygen atoms in total. The van der Waals surface area contributed by atoms with Gasteiger partial charge in [-0.1, -0.05) is 0 Å². The van der Waals surface area contributed by atoms with Gasteiger partial charge < -0.3 is 2.85 Å². The van der Waals surface area contributed by atoms with Crippen molar-refractivity contribution in [3.05, 3.63) is 0 Å². The van der Waals surface area contributed by atoms with Crippen molar-refractivity contribution in [2.24, 2.45) is 0 Å². The van der Waals surface area contributed by atoms with E-state index < -0.39 is 8.25 Å². The van der Waals surface area contributed by atoms with Gasteiger partial charge >= 0.3 is 111 Å². The molecule has 0 unspecified atom stereocenters. The molecule has 0 bridgehead atoms. The predicted octanol–water partition coefficient (Wildman–Crippen LogP) is -6.14. The summed E-state index contributed by atoms with van der Waals surface area (Å²) in [5.41, 5.74) is 0. The molecule has 0 amide bonds. The maximum atomic E-state index is 8.70. The Morgan fingerprint density at radius 2 is 1.33 bits per heavy atom. The molecule has 0 atom stereocenters. The first-order valence-corrected chi connectivity index (χ1v) is 1.75. The Morgan fingerprint density at radius 3 is 1.33 bits per heavy atom. The third-order valence-electron chi connectivity index (χ3n) is 0. The molecule has 6 heavy (non-hydrogen) atoms. The molecule has 0 fully saturated rings. The Hall–Kier alpha value is 3.29. The molecule has 0 aromatic heterocycles. The van der Waals surface area contributed by atoms with E-state index in [1.807, 2.05) is 0 Å². The molecule has 0 rings (SSSR count). The Balaban J connectivity index is -0.00000000750. The van der Waals surface area contributed by atoms with Crippen LogP contribution in [0.25, 0.3) is 0 Å². The number of hydrogen-bond acceptors (Lipinski definition) is 1. The van der Waals surface area contributed by atoms with E-state index in [0.29, 0.717) is 0 Å². The minimum Gasteiger partial charge on any atom is -1.00 e. The van der Waals surface area contributed by atoms with Gasteiger partial charge in [0.1, 0.15) is 0 Å². The average molecular weight is 161 g/mol. The molecule has 0 radical (unpaired) electrons. The van der Waals surface area contributed by atoms with Gasteiger partial charge in [-0.25, -0.2) is 0 Å². The van der Waals surface area contributed by atoms with E-state index >= 15 is 0 Å². The molecular weight excluding hydrogens is 157 g/mol. The smallest absolute Gasteiger partial charge is 1.00 e. The van der Waals surface area contributed by atoms with Gasteiger partial charge in [0.05, 0.1) is 0 Å². The molecule has 2 N–H and O–H groups in total. The van der Waals surface area contributed by atoms with Crippen LogP contribution in [0.2, 0.25) is 0 Å². The van der Waals surface area contributed by atoms with Gasteiger partial charge in [0.25, 0.3) is 0 Å². The van der Waals surface area contributed by atoms with E-state index in [4.69, 9.17) is 14.4 Å². The summed E-state index contributed by atoms with van der Waals surface area (Å²) in [4.78, 5) is 14.2. The molecule has 0 saturated heterocycles. The normalized spacial score (nSPS) is 4.33. The zero-order valence-electron chi connectivity index (χ0n) is 5.75. The number of hydrogen-bond donors (Lipinski definition) is 2. The van der Waals surface area contributed by atoms with E-state index in [9.17, 15) is 0 Å². The largest absolute Gasteiger partial charge is 1.00 e. The Kier molecular flexibility index (Phi) is 30.0. The summed E-state index contributed by atoms with van der Waals surface area (Å²) < 4.78 is 8.70. The third-order valence-corrected chi connectivity index (χ3v) is 0. The monoisotopic (exact) mass is 161 g/mol. The van der Waals surface area contributed by atoms with Crippen molar-refractivity contribution in [2.45, 2.75) is 0 Å². The second kappa shape index (κ2) is 11.1. The van der Waals surface area contributed by atoms with Gasteiger partial charge in [0, 0.05) is 4.57 Å².